The van der Waals surface area contributed by atoms with Gasteiger partial charge in [-0.15, -0.1) is 0 Å². The maximum absolute atomic E-state index is 14.9. The molecule has 1 spiro atoms. The van der Waals surface area contributed by atoms with E-state index in [4.69, 9.17) is 9.47 Å². The fourth-order valence-electron chi connectivity index (χ4n) is 5.53. The number of halogens is 5. The summed E-state index contributed by atoms with van der Waals surface area (Å²) in [4.78, 5) is 24.3. The van der Waals surface area contributed by atoms with Crippen LogP contribution in [-0.4, -0.2) is 84.5 Å². The Bertz CT molecular complexity index is 1020. The van der Waals surface area contributed by atoms with E-state index in [0.29, 0.717) is 19.7 Å². The molecule has 13 heteroatoms. The van der Waals surface area contributed by atoms with Gasteiger partial charge in [0.25, 0.3) is 5.92 Å². The molecule has 220 valence electrons. The summed E-state index contributed by atoms with van der Waals surface area (Å²) in [5, 5.41) is 0. The summed E-state index contributed by atoms with van der Waals surface area (Å²) in [5.74, 6) is -5.78. The lowest BCUT2D eigenvalue weighted by Gasteiger charge is -2.45. The van der Waals surface area contributed by atoms with Gasteiger partial charge in [-0.2, -0.15) is 13.2 Å². The van der Waals surface area contributed by atoms with Crippen molar-refractivity contribution in [1.29, 1.82) is 0 Å². The molecule has 0 N–H and O–H groups in total. The molecule has 3 aliphatic rings. The Morgan fingerprint density at radius 3 is 2.46 bits per heavy atom. The van der Waals surface area contributed by atoms with Gasteiger partial charge in [-0.25, -0.2) is 23.5 Å². The van der Waals surface area contributed by atoms with Crippen LogP contribution in [0.2, 0.25) is 0 Å². The topological polar surface area (TPSA) is 71.0 Å². The van der Waals surface area contributed by atoms with Gasteiger partial charge in [0.15, 0.2) is 0 Å². The first-order valence-corrected chi connectivity index (χ1v) is 13.5. The second kappa shape index (κ2) is 10.9. The summed E-state index contributed by atoms with van der Waals surface area (Å²) in [5.41, 5.74) is -1.20. The van der Waals surface area contributed by atoms with Gasteiger partial charge in [0.2, 0.25) is 5.82 Å². The summed E-state index contributed by atoms with van der Waals surface area (Å²) in [6.45, 7) is 5.43. The number of hydrogen-bond acceptors (Lipinski definition) is 7. The smallest absolute Gasteiger partial charge is 0.444 e. The quantitative estimate of drug-likeness (QED) is 0.457. The number of hydrogen-bond donors (Lipinski definition) is 0. The molecular weight excluding hydrogens is 525 g/mol. The van der Waals surface area contributed by atoms with Crippen LogP contribution in [0.1, 0.15) is 65.1 Å². The highest BCUT2D eigenvalue weighted by Gasteiger charge is 2.47. The van der Waals surface area contributed by atoms with Crippen LogP contribution in [0.3, 0.4) is 0 Å². The Labute approximate surface area is 225 Å². The first kappa shape index (κ1) is 29.5. The van der Waals surface area contributed by atoms with Gasteiger partial charge >= 0.3 is 12.3 Å². The minimum atomic E-state index is -4.82. The van der Waals surface area contributed by atoms with E-state index in [1.807, 2.05) is 0 Å². The number of rotatable bonds is 4. The number of likely N-dealkylation sites (tertiary alicyclic amines) is 1. The van der Waals surface area contributed by atoms with Gasteiger partial charge in [0, 0.05) is 52.3 Å². The van der Waals surface area contributed by atoms with Crippen LogP contribution in [0.4, 0.5) is 38.4 Å². The number of amides is 1. The summed E-state index contributed by atoms with van der Waals surface area (Å²) in [7, 11) is 1.43. The van der Waals surface area contributed by atoms with Gasteiger partial charge in [0.05, 0.1) is 18.1 Å². The van der Waals surface area contributed by atoms with Crippen LogP contribution in [-0.2, 0) is 15.7 Å². The van der Waals surface area contributed by atoms with Crippen molar-refractivity contribution in [3.05, 3.63) is 11.9 Å². The maximum atomic E-state index is 14.9. The summed E-state index contributed by atoms with van der Waals surface area (Å²) in [6, 6.07) is 1.42. The highest BCUT2D eigenvalue weighted by atomic mass is 19.4. The average Bonchev–Trinajstić information content (AvgIpc) is 2.84. The molecule has 1 aromatic heterocycles. The van der Waals surface area contributed by atoms with E-state index in [9.17, 15) is 26.7 Å². The molecule has 1 atom stereocenters. The van der Waals surface area contributed by atoms with Crippen molar-refractivity contribution in [2.75, 3.05) is 56.2 Å². The van der Waals surface area contributed by atoms with Crippen LogP contribution < -0.4 is 9.80 Å². The lowest BCUT2D eigenvalue weighted by atomic mass is 9.83. The lowest BCUT2D eigenvalue weighted by molar-refractivity contribution is -0.144. The van der Waals surface area contributed by atoms with E-state index in [0.717, 1.165) is 32.1 Å². The molecule has 1 unspecified atom stereocenters. The normalized spacial score (nSPS) is 23.6. The molecule has 0 bridgehead atoms. The van der Waals surface area contributed by atoms with Gasteiger partial charge < -0.3 is 24.2 Å². The molecule has 4 rings (SSSR count). The second-order valence-electron chi connectivity index (χ2n) is 11.9. The minimum Gasteiger partial charge on any atom is -0.444 e. The molecule has 1 saturated carbocycles. The molecule has 3 fully saturated rings. The third-order valence-electron chi connectivity index (χ3n) is 7.58. The Balaban J connectivity index is 1.56. The number of ether oxygens (including phenoxy) is 2. The van der Waals surface area contributed by atoms with Crippen LogP contribution in [0.15, 0.2) is 6.07 Å². The van der Waals surface area contributed by atoms with E-state index in [-0.39, 0.29) is 31.3 Å². The molecule has 8 nitrogen and oxygen atoms in total. The zero-order chi connectivity index (χ0) is 28.6. The standard InChI is InChI=1S/C26H38F5N5O3/c1-23(2,3)39-22(37)35-11-10-25(27,28)18(16-35)15-34(4)19-14-20(33-21(32-19)26(29,30)31)36-12-13-38-24(17-36)8-6-5-7-9-24/h14,18H,5-13,15-17H2,1-4H3. The fourth-order valence-corrected chi connectivity index (χ4v) is 5.53. The number of alkyl halides is 5. The number of nitrogens with zero attached hydrogens (tertiary/aromatic N) is 5. The van der Waals surface area contributed by atoms with Crippen molar-refractivity contribution >= 4 is 17.7 Å². The van der Waals surface area contributed by atoms with Crippen molar-refractivity contribution < 1.29 is 36.2 Å². The molecule has 2 aliphatic heterocycles. The van der Waals surface area contributed by atoms with E-state index >= 15 is 0 Å². The van der Waals surface area contributed by atoms with E-state index in [2.05, 4.69) is 9.97 Å². The molecule has 1 amide bonds. The lowest BCUT2D eigenvalue weighted by Crippen LogP contribution is -2.53. The van der Waals surface area contributed by atoms with Crippen molar-refractivity contribution in [1.82, 2.24) is 14.9 Å². The third kappa shape index (κ3) is 7.20. The molecule has 2 saturated heterocycles. The zero-order valence-electron chi connectivity index (χ0n) is 23.0. The molecule has 1 aromatic rings. The molecule has 3 heterocycles. The minimum absolute atomic E-state index is 0.0956. The average molecular weight is 564 g/mol. The summed E-state index contributed by atoms with van der Waals surface area (Å²) < 4.78 is 82.7. The predicted molar refractivity (Wildman–Crippen MR) is 135 cm³/mol. The fraction of sp³-hybridized carbons (Fsp3) is 0.808. The van der Waals surface area contributed by atoms with Crippen LogP contribution >= 0.6 is 0 Å². The van der Waals surface area contributed by atoms with Gasteiger partial charge in [-0.05, 0) is 33.6 Å². The summed E-state index contributed by atoms with van der Waals surface area (Å²) in [6.07, 6.45) is -1.32. The van der Waals surface area contributed by atoms with Crippen molar-refractivity contribution in [2.24, 2.45) is 5.92 Å². The summed E-state index contributed by atoms with van der Waals surface area (Å²) >= 11 is 0. The second-order valence-corrected chi connectivity index (χ2v) is 11.9. The van der Waals surface area contributed by atoms with Gasteiger partial charge in [-0.1, -0.05) is 19.3 Å². The molecule has 39 heavy (non-hydrogen) atoms. The Kier molecular flexibility index (Phi) is 8.22. The van der Waals surface area contributed by atoms with Crippen molar-refractivity contribution in [2.45, 2.75) is 82.6 Å². The van der Waals surface area contributed by atoms with Crippen molar-refractivity contribution in [3.63, 3.8) is 0 Å². The maximum Gasteiger partial charge on any atom is 0.451 e. The van der Waals surface area contributed by atoms with Crippen LogP contribution in [0, 0.1) is 5.92 Å². The number of aromatic nitrogens is 2. The first-order valence-electron chi connectivity index (χ1n) is 13.5. The number of piperidine rings is 1. The highest BCUT2D eigenvalue weighted by molar-refractivity contribution is 5.68. The monoisotopic (exact) mass is 563 g/mol. The van der Waals surface area contributed by atoms with E-state index < -0.39 is 47.6 Å². The van der Waals surface area contributed by atoms with Crippen molar-refractivity contribution in [3.8, 4) is 0 Å². The number of carbonyl (C=O) groups is 1. The number of morpholine rings is 1. The van der Waals surface area contributed by atoms with Crippen LogP contribution in [0.5, 0.6) is 0 Å². The molecule has 0 radical (unpaired) electrons. The van der Waals surface area contributed by atoms with Gasteiger partial charge in [-0.3, -0.25) is 0 Å². The van der Waals surface area contributed by atoms with Crippen LogP contribution in [0.25, 0.3) is 0 Å². The predicted octanol–water partition coefficient (Wildman–Crippen LogP) is 5.36. The zero-order valence-corrected chi connectivity index (χ0v) is 23.0. The number of carbonyl (C=O) groups excluding carboxylic acids is 1. The first-order chi connectivity index (χ1) is 18.1. The Morgan fingerprint density at radius 2 is 1.82 bits per heavy atom. The third-order valence-corrected chi connectivity index (χ3v) is 7.58. The molecular formula is C26H38F5N5O3. The number of anilines is 2. The van der Waals surface area contributed by atoms with Gasteiger partial charge in [0.1, 0.15) is 17.2 Å². The molecule has 1 aliphatic carbocycles. The Hall–Kier alpha value is -2.44. The Morgan fingerprint density at radius 1 is 1.13 bits per heavy atom. The highest BCUT2D eigenvalue weighted by Crippen LogP contribution is 2.38. The van der Waals surface area contributed by atoms with E-state index in [1.165, 1.54) is 22.9 Å². The SMILES string of the molecule is CN(CC1CN(C(=O)OC(C)(C)C)CCC1(F)F)c1cc(N2CCOC3(CCCCC3)C2)nc(C(F)(F)F)n1. The largest absolute Gasteiger partial charge is 0.451 e. The molecule has 0 aromatic carbocycles. The van der Waals surface area contributed by atoms with E-state index in [1.54, 1.807) is 25.7 Å².